The van der Waals surface area contributed by atoms with Crippen LogP contribution in [0.5, 0.6) is 0 Å². The van der Waals surface area contributed by atoms with Gasteiger partial charge in [-0.1, -0.05) is 11.6 Å². The maximum atomic E-state index is 13.6. The topological polar surface area (TPSA) is 17.8 Å². The van der Waals surface area contributed by atoms with Gasteiger partial charge in [0, 0.05) is 35.1 Å². The van der Waals surface area contributed by atoms with Crippen molar-refractivity contribution in [2.75, 3.05) is 17.3 Å². The molecule has 0 amide bonds. The van der Waals surface area contributed by atoms with Crippen LogP contribution in [0.1, 0.15) is 18.1 Å². The fourth-order valence-electron chi connectivity index (χ4n) is 2.48. The fraction of sp³-hybridized carbons (Fsp3) is 0.500. The van der Waals surface area contributed by atoms with Gasteiger partial charge in [-0.2, -0.15) is 23.5 Å². The van der Waals surface area contributed by atoms with E-state index in [0.717, 1.165) is 23.6 Å². The van der Waals surface area contributed by atoms with E-state index in [2.05, 4.69) is 9.55 Å². The highest BCUT2D eigenvalue weighted by Crippen LogP contribution is 2.31. The number of imidazole rings is 1. The lowest BCUT2D eigenvalue weighted by atomic mass is 10.3. The van der Waals surface area contributed by atoms with Crippen LogP contribution < -0.4 is 0 Å². The van der Waals surface area contributed by atoms with E-state index in [-0.39, 0.29) is 10.4 Å². The molecule has 1 aromatic carbocycles. The SMILES string of the molecule is CC(Cl)c1nc2cc(F)c(Cl)cc2n1CC1CSCCS1. The molecule has 2 heterocycles. The van der Waals surface area contributed by atoms with Crippen molar-refractivity contribution in [2.24, 2.45) is 0 Å². The molecule has 0 radical (unpaired) electrons. The third-order valence-electron chi connectivity index (χ3n) is 3.45. The zero-order valence-corrected chi connectivity index (χ0v) is 14.6. The van der Waals surface area contributed by atoms with E-state index in [4.69, 9.17) is 23.2 Å². The van der Waals surface area contributed by atoms with Crippen molar-refractivity contribution in [1.82, 2.24) is 9.55 Å². The average molecular weight is 365 g/mol. The van der Waals surface area contributed by atoms with Crippen molar-refractivity contribution in [3.63, 3.8) is 0 Å². The zero-order valence-electron chi connectivity index (χ0n) is 11.5. The lowest BCUT2D eigenvalue weighted by molar-refractivity contribution is 0.629. The monoisotopic (exact) mass is 364 g/mol. The molecule has 1 fully saturated rings. The summed E-state index contributed by atoms with van der Waals surface area (Å²) in [6.07, 6.45) is 0. The number of nitrogens with zero attached hydrogens (tertiary/aromatic N) is 2. The number of thioether (sulfide) groups is 2. The molecule has 2 aromatic rings. The number of halogens is 3. The molecule has 2 unspecified atom stereocenters. The van der Waals surface area contributed by atoms with Crippen LogP contribution in [0.2, 0.25) is 5.02 Å². The first-order chi connectivity index (χ1) is 10.1. The first-order valence-corrected chi connectivity index (χ1v) is 9.76. The minimum atomic E-state index is -0.440. The predicted octanol–water partition coefficient (Wildman–Crippen LogP) is 4.98. The molecule has 1 aliphatic heterocycles. The molecule has 0 N–H and O–H groups in total. The van der Waals surface area contributed by atoms with Gasteiger partial charge in [-0.3, -0.25) is 0 Å². The quantitative estimate of drug-likeness (QED) is 0.715. The van der Waals surface area contributed by atoms with Gasteiger partial charge in [0.25, 0.3) is 0 Å². The first-order valence-electron chi connectivity index (χ1n) is 6.75. The Hall–Kier alpha value is -0.100. The van der Waals surface area contributed by atoms with Gasteiger partial charge in [0.15, 0.2) is 0 Å². The molecule has 0 spiro atoms. The Morgan fingerprint density at radius 2 is 2.29 bits per heavy atom. The molecule has 0 bridgehead atoms. The second kappa shape index (κ2) is 6.57. The zero-order chi connectivity index (χ0) is 15.0. The molecule has 1 aliphatic rings. The van der Waals surface area contributed by atoms with Gasteiger partial charge in [-0.15, -0.1) is 11.6 Å². The Balaban J connectivity index is 2.04. The van der Waals surface area contributed by atoms with E-state index in [0.29, 0.717) is 10.8 Å². The maximum Gasteiger partial charge on any atom is 0.144 e. The molecule has 1 aromatic heterocycles. The Kier molecular flexibility index (Phi) is 4.94. The fourth-order valence-corrected chi connectivity index (χ4v) is 5.46. The molecule has 2 atom stereocenters. The molecular formula is C14H15Cl2FN2S2. The number of alkyl halides is 1. The largest absolute Gasteiger partial charge is 0.326 e. The molecular weight excluding hydrogens is 350 g/mol. The number of aromatic nitrogens is 2. The predicted molar refractivity (Wildman–Crippen MR) is 92.5 cm³/mol. The molecule has 7 heteroatoms. The number of fused-ring (bicyclic) bond motifs is 1. The van der Waals surface area contributed by atoms with E-state index in [1.165, 1.54) is 17.6 Å². The van der Waals surface area contributed by atoms with Crippen LogP contribution >= 0.6 is 46.7 Å². The van der Waals surface area contributed by atoms with Crippen molar-refractivity contribution in [2.45, 2.75) is 24.1 Å². The van der Waals surface area contributed by atoms with Crippen LogP contribution in [0.15, 0.2) is 12.1 Å². The standard InChI is InChI=1S/C14H15Cl2FN2S2/c1-8(15)14-18-12-5-11(17)10(16)4-13(12)19(14)6-9-7-20-2-3-21-9/h4-5,8-9H,2-3,6-7H2,1H3. The van der Waals surface area contributed by atoms with Crippen LogP contribution in [0.25, 0.3) is 11.0 Å². The molecule has 21 heavy (non-hydrogen) atoms. The number of hydrogen-bond acceptors (Lipinski definition) is 3. The summed E-state index contributed by atoms with van der Waals surface area (Å²) in [7, 11) is 0. The third-order valence-corrected chi connectivity index (χ3v) is 6.76. The minimum Gasteiger partial charge on any atom is -0.326 e. The Morgan fingerprint density at radius 1 is 1.48 bits per heavy atom. The smallest absolute Gasteiger partial charge is 0.144 e. The van der Waals surface area contributed by atoms with Crippen LogP contribution in [0, 0.1) is 5.82 Å². The summed E-state index contributed by atoms with van der Waals surface area (Å²) in [4.78, 5) is 4.50. The lowest BCUT2D eigenvalue weighted by Crippen LogP contribution is -2.21. The Bertz CT molecular complexity index is 654. The summed E-state index contributed by atoms with van der Waals surface area (Å²) < 4.78 is 15.7. The lowest BCUT2D eigenvalue weighted by Gasteiger charge is -2.23. The highest BCUT2D eigenvalue weighted by molar-refractivity contribution is 8.06. The number of rotatable bonds is 3. The molecule has 0 aliphatic carbocycles. The van der Waals surface area contributed by atoms with E-state index in [1.54, 1.807) is 6.07 Å². The maximum absolute atomic E-state index is 13.6. The van der Waals surface area contributed by atoms with Crippen LogP contribution in [0.3, 0.4) is 0 Å². The van der Waals surface area contributed by atoms with Gasteiger partial charge in [0.1, 0.15) is 11.6 Å². The van der Waals surface area contributed by atoms with Crippen molar-refractivity contribution in [3.05, 3.63) is 28.8 Å². The molecule has 114 valence electrons. The van der Waals surface area contributed by atoms with Gasteiger partial charge < -0.3 is 4.57 Å². The van der Waals surface area contributed by atoms with Crippen molar-refractivity contribution in [1.29, 1.82) is 0 Å². The molecule has 0 saturated carbocycles. The van der Waals surface area contributed by atoms with Crippen molar-refractivity contribution < 1.29 is 4.39 Å². The van der Waals surface area contributed by atoms with E-state index in [1.807, 2.05) is 30.4 Å². The second-order valence-corrected chi connectivity index (χ2v) is 8.64. The molecule has 3 rings (SSSR count). The summed E-state index contributed by atoms with van der Waals surface area (Å²) in [5.74, 6) is 3.84. The number of hydrogen-bond donors (Lipinski definition) is 0. The average Bonchev–Trinajstić information content (AvgIpc) is 2.79. The highest BCUT2D eigenvalue weighted by atomic mass is 35.5. The summed E-state index contributed by atoms with van der Waals surface area (Å²) in [5, 5.41) is 0.433. The van der Waals surface area contributed by atoms with Gasteiger partial charge in [0.05, 0.1) is 21.4 Å². The summed E-state index contributed by atoms with van der Waals surface area (Å²) >= 11 is 16.1. The molecule has 1 saturated heterocycles. The third kappa shape index (κ3) is 3.31. The van der Waals surface area contributed by atoms with E-state index >= 15 is 0 Å². The van der Waals surface area contributed by atoms with Gasteiger partial charge in [-0.25, -0.2) is 9.37 Å². The van der Waals surface area contributed by atoms with Crippen LogP contribution in [0.4, 0.5) is 4.39 Å². The minimum absolute atomic E-state index is 0.128. The van der Waals surface area contributed by atoms with Gasteiger partial charge in [0.2, 0.25) is 0 Å². The Labute approximate surface area is 141 Å². The summed E-state index contributed by atoms with van der Waals surface area (Å²) in [6, 6.07) is 3.04. The van der Waals surface area contributed by atoms with Crippen molar-refractivity contribution in [3.8, 4) is 0 Å². The van der Waals surface area contributed by atoms with Crippen molar-refractivity contribution >= 4 is 57.8 Å². The Morgan fingerprint density at radius 3 is 2.95 bits per heavy atom. The second-order valence-electron chi connectivity index (χ2n) is 5.02. The van der Waals surface area contributed by atoms with Gasteiger partial charge >= 0.3 is 0 Å². The molecule has 2 nitrogen and oxygen atoms in total. The first kappa shape index (κ1) is 15.8. The van der Waals surface area contributed by atoms with Gasteiger partial charge in [-0.05, 0) is 13.0 Å². The normalized spacial score (nSPS) is 20.9. The van der Waals surface area contributed by atoms with E-state index < -0.39 is 5.82 Å². The highest BCUT2D eigenvalue weighted by Gasteiger charge is 2.21. The van der Waals surface area contributed by atoms with Crippen LogP contribution in [-0.4, -0.2) is 32.1 Å². The number of benzene rings is 1. The van der Waals surface area contributed by atoms with Crippen LogP contribution in [-0.2, 0) is 6.54 Å². The summed E-state index contributed by atoms with van der Waals surface area (Å²) in [6.45, 7) is 2.72. The van der Waals surface area contributed by atoms with E-state index in [9.17, 15) is 4.39 Å². The summed E-state index contributed by atoms with van der Waals surface area (Å²) in [5.41, 5.74) is 1.48.